The molecule has 0 fully saturated rings. The van der Waals surface area contributed by atoms with Gasteiger partial charge in [-0.2, -0.15) is 9.97 Å². The zero-order chi connectivity index (χ0) is 40.6. The summed E-state index contributed by atoms with van der Waals surface area (Å²) in [6.45, 7) is 9.48. The minimum absolute atomic E-state index is 0.0618. The number of methoxy groups -OCH3 is 2. The Morgan fingerprint density at radius 3 is 1.61 bits per heavy atom. The minimum atomic E-state index is -0.602. The van der Waals surface area contributed by atoms with Crippen molar-refractivity contribution in [1.82, 2.24) is 30.2 Å². The average Bonchev–Trinajstić information content (AvgIpc) is 3.90. The van der Waals surface area contributed by atoms with Crippen molar-refractivity contribution in [3.8, 4) is 11.8 Å². The number of nitrogens with one attached hydrogen (secondary N) is 1. The Kier molecular flexibility index (Phi) is 24.7. The Morgan fingerprint density at radius 1 is 0.778 bits per heavy atom. The molecule has 54 heavy (non-hydrogen) atoms. The van der Waals surface area contributed by atoms with Crippen LogP contribution in [-0.4, -0.2) is 68.6 Å². The number of rotatable bonds is 12. The van der Waals surface area contributed by atoms with Gasteiger partial charge in [0.25, 0.3) is 0 Å². The number of aromatic nitrogens is 5. The van der Waals surface area contributed by atoms with E-state index in [1.165, 1.54) is 77.4 Å². The maximum Gasteiger partial charge on any atom is 0.311 e. The number of thiazole rings is 3. The first-order valence-electron chi connectivity index (χ1n) is 15.3. The fourth-order valence-corrected chi connectivity index (χ4v) is 6.63. The number of pyridine rings is 2. The lowest BCUT2D eigenvalue weighted by molar-refractivity contribution is -0.385. The van der Waals surface area contributed by atoms with E-state index in [1.807, 2.05) is 13.8 Å². The SMILES string of the molecule is CCN.CCN(Cc1cnc(Cl)s1)c1nc(OC)ccc1[N+](=O)[O-].CCNCc1cnc(Cl)s1.COc1ccc([N+](=O)[O-])c(Cl)n1.ClCc1cnc(Cl)s1. The number of nitrogens with zero attached hydrogens (tertiary/aromatic N) is 8. The van der Waals surface area contributed by atoms with Crippen LogP contribution in [0.2, 0.25) is 18.6 Å². The highest BCUT2D eigenvalue weighted by Crippen LogP contribution is 2.31. The van der Waals surface area contributed by atoms with Crippen molar-refractivity contribution >= 4 is 109 Å². The molecule has 0 radical (unpaired) electrons. The van der Waals surface area contributed by atoms with Crippen LogP contribution in [0.3, 0.4) is 0 Å². The number of halogens is 5. The van der Waals surface area contributed by atoms with Crippen LogP contribution in [0.1, 0.15) is 35.4 Å². The smallest absolute Gasteiger partial charge is 0.311 e. The number of hydrogen-bond donors (Lipinski definition) is 2. The number of hydrogen-bond acceptors (Lipinski definition) is 17. The lowest BCUT2D eigenvalue weighted by Gasteiger charge is -2.21. The Bertz CT molecular complexity index is 1850. The first-order valence-corrected chi connectivity index (χ1v) is 19.8. The Labute approximate surface area is 348 Å². The van der Waals surface area contributed by atoms with Crippen LogP contribution in [0.4, 0.5) is 17.2 Å². The highest BCUT2D eigenvalue weighted by Gasteiger charge is 2.22. The fourth-order valence-electron chi connectivity index (χ4n) is 3.41. The molecule has 3 N–H and O–H groups in total. The normalized spacial score (nSPS) is 9.83. The van der Waals surface area contributed by atoms with Crippen molar-refractivity contribution < 1.29 is 19.3 Å². The summed E-state index contributed by atoms with van der Waals surface area (Å²) >= 11 is 32.1. The van der Waals surface area contributed by atoms with Gasteiger partial charge in [0.1, 0.15) is 0 Å². The van der Waals surface area contributed by atoms with E-state index in [2.05, 4.69) is 37.2 Å². The monoisotopic (exact) mass is 904 g/mol. The molecule has 0 bridgehead atoms. The minimum Gasteiger partial charge on any atom is -0.481 e. The number of anilines is 1. The second kappa shape index (κ2) is 27.4. The van der Waals surface area contributed by atoms with Crippen molar-refractivity contribution in [3.05, 3.63) is 96.3 Å². The van der Waals surface area contributed by atoms with Gasteiger partial charge in [0.2, 0.25) is 22.7 Å². The number of nitro groups is 2. The van der Waals surface area contributed by atoms with E-state index in [-0.39, 0.29) is 28.2 Å². The molecule has 0 saturated carbocycles. The lowest BCUT2D eigenvalue weighted by atomic mass is 10.3. The van der Waals surface area contributed by atoms with Crippen LogP contribution in [0.25, 0.3) is 0 Å². The van der Waals surface area contributed by atoms with Crippen molar-refractivity contribution in [2.45, 2.75) is 39.7 Å². The Hall–Kier alpha value is -3.24. The molecule has 5 heterocycles. The van der Waals surface area contributed by atoms with Gasteiger partial charge in [-0.25, -0.2) is 15.0 Å². The van der Waals surface area contributed by atoms with Crippen LogP contribution >= 0.6 is 92.0 Å². The summed E-state index contributed by atoms with van der Waals surface area (Å²) in [5.74, 6) is 1.36. The predicted octanol–water partition coefficient (Wildman–Crippen LogP) is 9.19. The molecular formula is C30H37Cl5N10O6S3. The molecule has 24 heteroatoms. The molecule has 5 rings (SSSR count). The molecule has 0 aliphatic heterocycles. The van der Waals surface area contributed by atoms with Gasteiger partial charge >= 0.3 is 11.4 Å². The molecule has 0 aromatic carbocycles. The van der Waals surface area contributed by atoms with E-state index in [4.69, 9.17) is 73.2 Å². The quantitative estimate of drug-likeness (QED) is 0.0518. The summed E-state index contributed by atoms with van der Waals surface area (Å²) < 4.78 is 11.4. The molecule has 5 aromatic heterocycles. The third-order valence-electron chi connectivity index (χ3n) is 5.73. The van der Waals surface area contributed by atoms with Gasteiger partial charge in [0.05, 0.1) is 36.5 Å². The summed E-state index contributed by atoms with van der Waals surface area (Å²) in [6, 6.07) is 5.49. The maximum atomic E-state index is 11.2. The highest BCUT2D eigenvalue weighted by molar-refractivity contribution is 7.16. The molecular weight excluding hydrogens is 870 g/mol. The van der Waals surface area contributed by atoms with Gasteiger partial charge < -0.3 is 25.4 Å². The van der Waals surface area contributed by atoms with Crippen LogP contribution in [0, 0.1) is 20.2 Å². The van der Waals surface area contributed by atoms with E-state index in [1.54, 1.807) is 23.5 Å². The van der Waals surface area contributed by atoms with E-state index in [0.717, 1.165) is 29.4 Å². The summed E-state index contributed by atoms with van der Waals surface area (Å²) in [7, 11) is 2.88. The summed E-state index contributed by atoms with van der Waals surface area (Å²) in [5, 5.41) is 24.4. The van der Waals surface area contributed by atoms with Crippen molar-refractivity contribution in [2.75, 3.05) is 38.8 Å². The van der Waals surface area contributed by atoms with E-state index >= 15 is 0 Å². The largest absolute Gasteiger partial charge is 0.481 e. The Morgan fingerprint density at radius 2 is 1.24 bits per heavy atom. The van der Waals surface area contributed by atoms with Gasteiger partial charge in [-0.05, 0) is 20.0 Å². The van der Waals surface area contributed by atoms with Crippen molar-refractivity contribution in [2.24, 2.45) is 5.73 Å². The predicted molar refractivity (Wildman–Crippen MR) is 220 cm³/mol. The molecule has 0 aliphatic carbocycles. The molecule has 0 spiro atoms. The summed E-state index contributed by atoms with van der Waals surface area (Å²) in [4.78, 5) is 44.7. The molecule has 16 nitrogen and oxygen atoms in total. The van der Waals surface area contributed by atoms with Gasteiger partial charge in [0.15, 0.2) is 13.4 Å². The van der Waals surface area contributed by atoms with Gasteiger partial charge in [-0.3, -0.25) is 20.2 Å². The standard InChI is InChI=1S/C12H13ClN4O3S.C6H5ClN2O3.C6H9ClN2S.C4H3Cl2NS.C2H7N/c1-3-16(7-8-6-14-12(13)21-8)11-9(17(18)19)4-5-10(15-11)20-2;1-12-5-3-2-4(9(10)11)6(7)8-5;1-2-8-3-5-4-9-6(7)10-5;5-1-3-2-7-4(6)8-3;1-2-3/h4-6H,3,7H2,1-2H3;2-3H,1H3;4,8H,2-3H2,1H3;2H,1H2;2-3H2,1H3. The highest BCUT2D eigenvalue weighted by atomic mass is 35.5. The Balaban J connectivity index is 0.000000376. The number of alkyl halides is 1. The van der Waals surface area contributed by atoms with Gasteiger partial charge in [-0.1, -0.05) is 60.3 Å². The summed E-state index contributed by atoms with van der Waals surface area (Å²) in [6.07, 6.45) is 5.14. The molecule has 296 valence electrons. The molecule has 0 amide bonds. The molecule has 0 aliphatic rings. The van der Waals surface area contributed by atoms with E-state index in [9.17, 15) is 20.2 Å². The molecule has 0 saturated heterocycles. The first kappa shape index (κ1) is 48.8. The van der Waals surface area contributed by atoms with Crippen molar-refractivity contribution in [3.63, 3.8) is 0 Å². The second-order valence-electron chi connectivity index (χ2n) is 9.45. The lowest BCUT2D eigenvalue weighted by Crippen LogP contribution is -2.23. The van der Waals surface area contributed by atoms with Crippen LogP contribution in [0.5, 0.6) is 11.8 Å². The molecule has 0 atom stereocenters. The topological polar surface area (TPSA) is 210 Å². The number of ether oxygens (including phenoxy) is 2. The van der Waals surface area contributed by atoms with Crippen LogP contribution in [-0.2, 0) is 19.0 Å². The third kappa shape index (κ3) is 18.4. The van der Waals surface area contributed by atoms with Crippen molar-refractivity contribution in [1.29, 1.82) is 0 Å². The zero-order valence-corrected chi connectivity index (χ0v) is 35.7. The van der Waals surface area contributed by atoms with E-state index < -0.39 is 9.85 Å². The number of nitrogens with two attached hydrogens (primary N) is 1. The molecule has 0 unspecified atom stereocenters. The first-order chi connectivity index (χ1) is 25.8. The second-order valence-corrected chi connectivity index (χ2v) is 15.2. The maximum absolute atomic E-state index is 11.2. The van der Waals surface area contributed by atoms with Gasteiger partial charge in [0, 0.05) is 70.6 Å². The average molecular weight is 907 g/mol. The van der Waals surface area contributed by atoms with Gasteiger partial charge in [-0.15, -0.1) is 45.6 Å². The summed E-state index contributed by atoms with van der Waals surface area (Å²) in [5.41, 5.74) is 4.56. The third-order valence-corrected chi connectivity index (χ3v) is 9.78. The van der Waals surface area contributed by atoms with Crippen LogP contribution in [0.15, 0.2) is 42.9 Å². The fraction of sp³-hybridized carbons (Fsp3) is 0.367. The van der Waals surface area contributed by atoms with Crippen LogP contribution < -0.4 is 25.4 Å². The zero-order valence-electron chi connectivity index (χ0n) is 29.5. The van der Waals surface area contributed by atoms with E-state index in [0.29, 0.717) is 38.2 Å². The molecule has 5 aromatic rings.